The molecule has 0 aromatic carbocycles. The number of carbonyl (C=O) groups is 2. The molecule has 27 heavy (non-hydrogen) atoms. The van der Waals surface area contributed by atoms with Crippen molar-refractivity contribution in [1.82, 2.24) is 19.8 Å². The lowest BCUT2D eigenvalue weighted by Crippen LogP contribution is -2.39. The molecule has 2 aliphatic rings. The molecule has 8 heteroatoms. The van der Waals surface area contributed by atoms with Gasteiger partial charge in [0.2, 0.25) is 11.8 Å². The van der Waals surface area contributed by atoms with Gasteiger partial charge in [0.05, 0.1) is 25.3 Å². The molecule has 0 radical (unpaired) electrons. The van der Waals surface area contributed by atoms with Crippen LogP contribution in [0.2, 0.25) is 0 Å². The van der Waals surface area contributed by atoms with E-state index >= 15 is 0 Å². The molecule has 2 aliphatic heterocycles. The molecule has 2 amide bonds. The molecule has 1 fully saturated rings. The van der Waals surface area contributed by atoms with E-state index in [4.69, 9.17) is 14.7 Å². The molecule has 0 aliphatic carbocycles. The van der Waals surface area contributed by atoms with Gasteiger partial charge in [0.25, 0.3) is 0 Å². The minimum absolute atomic E-state index is 0.0954. The number of amides is 2. The monoisotopic (exact) mass is 375 g/mol. The number of ether oxygens (including phenoxy) is 1. The van der Waals surface area contributed by atoms with Crippen LogP contribution in [0.15, 0.2) is 0 Å². The molecule has 3 heterocycles. The first kappa shape index (κ1) is 19.5. The van der Waals surface area contributed by atoms with Gasteiger partial charge >= 0.3 is 0 Å². The number of piperidine rings is 1. The number of methoxy groups -OCH3 is 1. The number of fused-ring (bicyclic) bond motifs is 1. The highest BCUT2D eigenvalue weighted by atomic mass is 16.5. The van der Waals surface area contributed by atoms with Crippen molar-refractivity contribution >= 4 is 17.6 Å². The average Bonchev–Trinajstić information content (AvgIpc) is 2.70. The summed E-state index contributed by atoms with van der Waals surface area (Å²) in [5.74, 6) is 1.97. The van der Waals surface area contributed by atoms with Gasteiger partial charge in [-0.05, 0) is 12.8 Å². The quantitative estimate of drug-likeness (QED) is 0.831. The van der Waals surface area contributed by atoms with Gasteiger partial charge in [0.1, 0.15) is 11.6 Å². The van der Waals surface area contributed by atoms with Crippen molar-refractivity contribution in [2.45, 2.75) is 45.1 Å². The lowest BCUT2D eigenvalue weighted by molar-refractivity contribution is -0.133. The summed E-state index contributed by atoms with van der Waals surface area (Å²) in [5.41, 5.74) is 2.01. The number of anilines is 1. The zero-order valence-corrected chi connectivity index (χ0v) is 16.5. The van der Waals surface area contributed by atoms with Gasteiger partial charge in [-0.2, -0.15) is 0 Å². The standard InChI is InChI=1S/C19H29N5O3/c1-13(25)23-8-4-5-14(11-23)18-21-16-6-9-24(17(26)7-10-27-3)12-15(16)19(20-2)22-18/h14H,4-12H2,1-3H3,(H,20,21,22). The van der Waals surface area contributed by atoms with Crippen LogP contribution in [0.4, 0.5) is 5.82 Å². The number of nitrogens with zero attached hydrogens (tertiary/aromatic N) is 4. The molecule has 1 N–H and O–H groups in total. The number of likely N-dealkylation sites (tertiary alicyclic amines) is 1. The van der Waals surface area contributed by atoms with Crippen molar-refractivity contribution in [2.75, 3.05) is 45.7 Å². The molecule has 0 spiro atoms. The fourth-order valence-corrected chi connectivity index (χ4v) is 3.86. The lowest BCUT2D eigenvalue weighted by atomic mass is 9.96. The number of aromatic nitrogens is 2. The van der Waals surface area contributed by atoms with Crippen LogP contribution >= 0.6 is 0 Å². The van der Waals surface area contributed by atoms with E-state index in [2.05, 4.69) is 5.32 Å². The molecule has 1 aromatic rings. The van der Waals surface area contributed by atoms with Crippen molar-refractivity contribution in [2.24, 2.45) is 0 Å². The van der Waals surface area contributed by atoms with E-state index in [-0.39, 0.29) is 17.7 Å². The van der Waals surface area contributed by atoms with Gasteiger partial charge in [0, 0.05) is 58.6 Å². The van der Waals surface area contributed by atoms with Crippen LogP contribution in [-0.4, -0.2) is 72.0 Å². The molecule has 0 saturated carbocycles. The van der Waals surface area contributed by atoms with Crippen LogP contribution in [0.25, 0.3) is 0 Å². The molecule has 3 rings (SSSR count). The first-order chi connectivity index (χ1) is 13.0. The lowest BCUT2D eigenvalue weighted by Gasteiger charge is -2.33. The van der Waals surface area contributed by atoms with E-state index in [1.807, 2.05) is 16.8 Å². The SMILES string of the molecule is CNc1nc(C2CCCN(C(C)=O)C2)nc2c1CN(C(=O)CCOC)CC2. The number of hydrogen-bond acceptors (Lipinski definition) is 6. The second kappa shape index (κ2) is 8.65. The van der Waals surface area contributed by atoms with E-state index in [0.717, 1.165) is 48.7 Å². The summed E-state index contributed by atoms with van der Waals surface area (Å²) in [4.78, 5) is 37.4. The van der Waals surface area contributed by atoms with Gasteiger partial charge in [-0.15, -0.1) is 0 Å². The Kier molecular flexibility index (Phi) is 6.26. The maximum absolute atomic E-state index is 12.3. The Morgan fingerprint density at radius 3 is 2.78 bits per heavy atom. The molecule has 148 valence electrons. The van der Waals surface area contributed by atoms with Gasteiger partial charge in [-0.25, -0.2) is 9.97 Å². The maximum atomic E-state index is 12.3. The summed E-state index contributed by atoms with van der Waals surface area (Å²) in [5, 5.41) is 3.18. The predicted octanol–water partition coefficient (Wildman–Crippen LogP) is 1.17. The highest BCUT2D eigenvalue weighted by Crippen LogP contribution is 2.30. The fraction of sp³-hybridized carbons (Fsp3) is 0.684. The van der Waals surface area contributed by atoms with Crippen LogP contribution in [0.1, 0.15) is 49.2 Å². The zero-order valence-electron chi connectivity index (χ0n) is 16.5. The summed E-state index contributed by atoms with van der Waals surface area (Å²) < 4.78 is 5.01. The summed E-state index contributed by atoms with van der Waals surface area (Å²) >= 11 is 0. The number of rotatable bonds is 5. The number of hydrogen-bond donors (Lipinski definition) is 1. The summed E-state index contributed by atoms with van der Waals surface area (Å²) in [6.45, 7) is 4.74. The summed E-state index contributed by atoms with van der Waals surface area (Å²) in [6.07, 6.45) is 3.08. The van der Waals surface area contributed by atoms with E-state index in [1.165, 1.54) is 0 Å². The Balaban J connectivity index is 1.80. The molecule has 1 unspecified atom stereocenters. The zero-order chi connectivity index (χ0) is 19.4. The van der Waals surface area contributed by atoms with Crippen LogP contribution in [0.5, 0.6) is 0 Å². The van der Waals surface area contributed by atoms with Crippen LogP contribution in [0, 0.1) is 0 Å². The third kappa shape index (κ3) is 4.37. The second-order valence-corrected chi connectivity index (χ2v) is 7.22. The topological polar surface area (TPSA) is 87.7 Å². The first-order valence-electron chi connectivity index (χ1n) is 9.63. The number of carbonyl (C=O) groups excluding carboxylic acids is 2. The Labute approximate surface area is 160 Å². The third-order valence-corrected chi connectivity index (χ3v) is 5.42. The van der Waals surface area contributed by atoms with Gasteiger partial charge < -0.3 is 19.9 Å². The van der Waals surface area contributed by atoms with Crippen LogP contribution in [-0.2, 0) is 27.3 Å². The van der Waals surface area contributed by atoms with Crippen molar-refractivity contribution in [3.8, 4) is 0 Å². The predicted molar refractivity (Wildman–Crippen MR) is 101 cm³/mol. The number of nitrogens with one attached hydrogen (secondary N) is 1. The largest absolute Gasteiger partial charge is 0.384 e. The fourth-order valence-electron chi connectivity index (χ4n) is 3.86. The van der Waals surface area contributed by atoms with Crippen molar-refractivity contribution < 1.29 is 14.3 Å². The Hall–Kier alpha value is -2.22. The molecule has 1 atom stereocenters. The molecular formula is C19H29N5O3. The minimum Gasteiger partial charge on any atom is -0.384 e. The maximum Gasteiger partial charge on any atom is 0.225 e. The van der Waals surface area contributed by atoms with E-state index in [0.29, 0.717) is 32.7 Å². The normalized spacial score (nSPS) is 19.6. The van der Waals surface area contributed by atoms with Gasteiger partial charge in [-0.3, -0.25) is 9.59 Å². The van der Waals surface area contributed by atoms with Crippen LogP contribution in [0.3, 0.4) is 0 Å². The van der Waals surface area contributed by atoms with E-state index < -0.39 is 0 Å². The van der Waals surface area contributed by atoms with Gasteiger partial charge in [-0.1, -0.05) is 0 Å². The minimum atomic E-state index is 0.0954. The molecular weight excluding hydrogens is 346 g/mol. The average molecular weight is 375 g/mol. The van der Waals surface area contributed by atoms with Crippen LogP contribution < -0.4 is 5.32 Å². The van der Waals surface area contributed by atoms with Crippen molar-refractivity contribution in [1.29, 1.82) is 0 Å². The molecule has 0 bridgehead atoms. The molecule has 1 aromatic heterocycles. The van der Waals surface area contributed by atoms with Gasteiger partial charge in [0.15, 0.2) is 0 Å². The Morgan fingerprint density at radius 2 is 2.07 bits per heavy atom. The third-order valence-electron chi connectivity index (χ3n) is 5.42. The smallest absolute Gasteiger partial charge is 0.225 e. The highest BCUT2D eigenvalue weighted by Gasteiger charge is 2.29. The van der Waals surface area contributed by atoms with Crippen molar-refractivity contribution in [3.63, 3.8) is 0 Å². The van der Waals surface area contributed by atoms with E-state index in [1.54, 1.807) is 14.0 Å². The first-order valence-corrected chi connectivity index (χ1v) is 9.63. The van der Waals surface area contributed by atoms with E-state index in [9.17, 15) is 9.59 Å². The summed E-state index contributed by atoms with van der Waals surface area (Å²) in [6, 6.07) is 0. The van der Waals surface area contributed by atoms with Crippen molar-refractivity contribution in [3.05, 3.63) is 17.1 Å². The highest BCUT2D eigenvalue weighted by molar-refractivity contribution is 5.77. The molecule has 1 saturated heterocycles. The second-order valence-electron chi connectivity index (χ2n) is 7.22. The Bertz CT molecular complexity index is 692. The molecule has 8 nitrogen and oxygen atoms in total. The Morgan fingerprint density at radius 1 is 1.26 bits per heavy atom. The summed E-state index contributed by atoms with van der Waals surface area (Å²) in [7, 11) is 3.45.